The van der Waals surface area contributed by atoms with Crippen LogP contribution >= 0.6 is 27.5 Å². The van der Waals surface area contributed by atoms with Crippen LogP contribution in [0.15, 0.2) is 22.4 Å². The first kappa shape index (κ1) is 11.0. The summed E-state index contributed by atoms with van der Waals surface area (Å²) < 4.78 is 0. The number of rotatable bonds is 3. The highest BCUT2D eigenvalue weighted by atomic mass is 79.9. The number of alkyl halides is 1. The van der Waals surface area contributed by atoms with E-state index >= 15 is 0 Å². The molecule has 8 heteroatoms. The molecule has 1 atom stereocenters. The van der Waals surface area contributed by atoms with E-state index in [2.05, 4.69) is 36.4 Å². The molecule has 0 amide bonds. The molecule has 0 saturated carbocycles. The Hall–Kier alpha value is -1.08. The summed E-state index contributed by atoms with van der Waals surface area (Å²) in [5.74, 6) is -0.934. The van der Waals surface area contributed by atoms with Crippen LogP contribution < -0.4 is 0 Å². The lowest BCUT2D eigenvalue weighted by molar-refractivity contribution is -0.136. The Balaban J connectivity index is 2.69. The normalized spacial score (nSPS) is 13.0. The predicted molar refractivity (Wildman–Crippen MR) is 51.9 cm³/mol. The highest BCUT2D eigenvalue weighted by Crippen LogP contribution is 2.12. The fourth-order valence-electron chi connectivity index (χ4n) is 0.522. The second-order valence-electron chi connectivity index (χ2n) is 2.10. The van der Waals surface area contributed by atoms with Gasteiger partial charge in [-0.3, -0.25) is 0 Å². The van der Waals surface area contributed by atoms with Crippen LogP contribution in [0.2, 0.25) is 5.15 Å². The third kappa shape index (κ3) is 3.35. The molecule has 1 aromatic heterocycles. The van der Waals surface area contributed by atoms with Gasteiger partial charge in [-0.1, -0.05) is 11.6 Å². The molecule has 1 aromatic rings. The fraction of sp³-hybridized carbons (Fsp3) is 0.167. The van der Waals surface area contributed by atoms with E-state index in [1.807, 2.05) is 0 Å². The molecular formula is C6H4BrClN4O2. The SMILES string of the molecule is O=C(O)C(Br)N=Nc1ccc(Cl)nn1. The number of carboxylic acid groups (broad SMARTS) is 1. The molecule has 0 radical (unpaired) electrons. The first-order chi connectivity index (χ1) is 6.59. The van der Waals surface area contributed by atoms with Gasteiger partial charge in [0, 0.05) is 0 Å². The standard InChI is InChI=1S/C6H4BrClN4O2/c7-5(6(13)14)12-11-4-2-1-3(8)9-10-4/h1-2,5H,(H,13,14). The maximum absolute atomic E-state index is 10.3. The number of hydrogen-bond donors (Lipinski definition) is 1. The van der Waals surface area contributed by atoms with E-state index in [0.717, 1.165) is 0 Å². The van der Waals surface area contributed by atoms with E-state index in [4.69, 9.17) is 16.7 Å². The van der Waals surface area contributed by atoms with Crippen molar-refractivity contribution in [2.45, 2.75) is 4.95 Å². The minimum Gasteiger partial charge on any atom is -0.479 e. The minimum atomic E-state index is -1.13. The van der Waals surface area contributed by atoms with Crippen molar-refractivity contribution in [3.63, 3.8) is 0 Å². The Morgan fingerprint density at radius 3 is 2.79 bits per heavy atom. The van der Waals surface area contributed by atoms with Crippen molar-refractivity contribution in [1.29, 1.82) is 0 Å². The average molecular weight is 279 g/mol. The van der Waals surface area contributed by atoms with Crippen LogP contribution in [0.3, 0.4) is 0 Å². The molecular weight excluding hydrogens is 275 g/mol. The maximum Gasteiger partial charge on any atom is 0.341 e. The quantitative estimate of drug-likeness (QED) is 0.521. The number of halogens is 2. The first-order valence-electron chi connectivity index (χ1n) is 3.36. The zero-order valence-electron chi connectivity index (χ0n) is 6.63. The summed E-state index contributed by atoms with van der Waals surface area (Å²) in [4.78, 5) is 9.23. The fourth-order valence-corrected chi connectivity index (χ4v) is 0.714. The lowest BCUT2D eigenvalue weighted by Gasteiger charge is -1.94. The van der Waals surface area contributed by atoms with Crippen molar-refractivity contribution in [1.82, 2.24) is 10.2 Å². The Kier molecular flexibility index (Phi) is 3.90. The van der Waals surface area contributed by atoms with Gasteiger partial charge in [0.25, 0.3) is 0 Å². The van der Waals surface area contributed by atoms with Gasteiger partial charge in [0.05, 0.1) is 0 Å². The van der Waals surface area contributed by atoms with Gasteiger partial charge in [-0.2, -0.15) is 5.11 Å². The van der Waals surface area contributed by atoms with E-state index in [1.54, 1.807) is 0 Å². The number of carboxylic acids is 1. The zero-order chi connectivity index (χ0) is 10.6. The molecule has 14 heavy (non-hydrogen) atoms. The molecule has 1 N–H and O–H groups in total. The molecule has 0 fully saturated rings. The predicted octanol–water partition coefficient (Wildman–Crippen LogP) is 2.02. The van der Waals surface area contributed by atoms with Crippen molar-refractivity contribution in [2.24, 2.45) is 10.2 Å². The van der Waals surface area contributed by atoms with Gasteiger partial charge in [0.15, 0.2) is 11.0 Å². The molecule has 0 saturated heterocycles. The maximum atomic E-state index is 10.3. The minimum absolute atomic E-state index is 0.195. The third-order valence-corrected chi connectivity index (χ3v) is 1.86. The largest absolute Gasteiger partial charge is 0.479 e. The average Bonchev–Trinajstić information content (AvgIpc) is 2.16. The van der Waals surface area contributed by atoms with Gasteiger partial charge < -0.3 is 5.11 Å². The highest BCUT2D eigenvalue weighted by Gasteiger charge is 2.10. The van der Waals surface area contributed by atoms with Gasteiger partial charge in [-0.15, -0.1) is 15.3 Å². The highest BCUT2D eigenvalue weighted by molar-refractivity contribution is 9.10. The van der Waals surface area contributed by atoms with Crippen molar-refractivity contribution < 1.29 is 9.90 Å². The molecule has 6 nitrogen and oxygen atoms in total. The van der Waals surface area contributed by atoms with E-state index in [0.29, 0.717) is 0 Å². The van der Waals surface area contributed by atoms with Gasteiger partial charge >= 0.3 is 5.97 Å². The zero-order valence-corrected chi connectivity index (χ0v) is 8.97. The number of hydrogen-bond acceptors (Lipinski definition) is 5. The summed E-state index contributed by atoms with van der Waals surface area (Å²) in [5, 5.41) is 22.7. The number of nitrogens with zero attached hydrogens (tertiary/aromatic N) is 4. The summed E-state index contributed by atoms with van der Waals surface area (Å²) in [6.45, 7) is 0. The molecule has 0 aromatic carbocycles. The topological polar surface area (TPSA) is 87.8 Å². The Morgan fingerprint density at radius 1 is 1.57 bits per heavy atom. The second-order valence-corrected chi connectivity index (χ2v) is 3.36. The Morgan fingerprint density at radius 2 is 2.29 bits per heavy atom. The molecule has 0 aliphatic carbocycles. The molecule has 1 rings (SSSR count). The van der Waals surface area contributed by atoms with Gasteiger partial charge in [0.2, 0.25) is 4.95 Å². The van der Waals surface area contributed by atoms with Crippen molar-refractivity contribution >= 4 is 39.3 Å². The van der Waals surface area contributed by atoms with Gasteiger partial charge in [-0.25, -0.2) is 4.79 Å². The molecule has 0 aliphatic heterocycles. The van der Waals surface area contributed by atoms with Crippen LogP contribution in [0.5, 0.6) is 0 Å². The summed E-state index contributed by atoms with van der Waals surface area (Å²) in [7, 11) is 0. The van der Waals surface area contributed by atoms with Crippen molar-refractivity contribution in [3.8, 4) is 0 Å². The molecule has 1 unspecified atom stereocenters. The number of aromatic nitrogens is 2. The lowest BCUT2D eigenvalue weighted by atomic mass is 10.5. The van der Waals surface area contributed by atoms with E-state index in [1.165, 1.54) is 12.1 Å². The molecule has 1 heterocycles. The van der Waals surface area contributed by atoms with Crippen LogP contribution in [-0.2, 0) is 4.79 Å². The first-order valence-corrected chi connectivity index (χ1v) is 4.66. The monoisotopic (exact) mass is 278 g/mol. The van der Waals surface area contributed by atoms with Crippen LogP contribution in [0.1, 0.15) is 0 Å². The van der Waals surface area contributed by atoms with Crippen LogP contribution in [-0.4, -0.2) is 26.2 Å². The number of carbonyl (C=O) groups is 1. The second kappa shape index (κ2) is 4.97. The van der Waals surface area contributed by atoms with Crippen LogP contribution in [0.25, 0.3) is 0 Å². The molecule has 0 spiro atoms. The smallest absolute Gasteiger partial charge is 0.341 e. The lowest BCUT2D eigenvalue weighted by Crippen LogP contribution is -2.08. The summed E-state index contributed by atoms with van der Waals surface area (Å²) in [6.07, 6.45) is 0. The Bertz CT molecular complexity index is 355. The Labute approximate surface area is 92.1 Å². The van der Waals surface area contributed by atoms with Crippen molar-refractivity contribution in [3.05, 3.63) is 17.3 Å². The number of azo groups is 1. The van der Waals surface area contributed by atoms with E-state index in [9.17, 15) is 4.79 Å². The van der Waals surface area contributed by atoms with Crippen LogP contribution in [0.4, 0.5) is 5.82 Å². The van der Waals surface area contributed by atoms with Crippen LogP contribution in [0, 0.1) is 0 Å². The molecule has 74 valence electrons. The summed E-state index contributed by atoms with van der Waals surface area (Å²) in [5.41, 5.74) is 0. The van der Waals surface area contributed by atoms with Gasteiger partial charge in [0.1, 0.15) is 0 Å². The van der Waals surface area contributed by atoms with Crippen molar-refractivity contribution in [2.75, 3.05) is 0 Å². The summed E-state index contributed by atoms with van der Waals surface area (Å²) in [6, 6.07) is 2.95. The third-order valence-electron chi connectivity index (χ3n) is 1.08. The van der Waals surface area contributed by atoms with Gasteiger partial charge in [-0.05, 0) is 28.1 Å². The van der Waals surface area contributed by atoms with E-state index < -0.39 is 10.9 Å². The van der Waals surface area contributed by atoms with E-state index in [-0.39, 0.29) is 11.0 Å². The molecule has 0 aliphatic rings. The molecule has 0 bridgehead atoms. The summed E-state index contributed by atoms with van der Waals surface area (Å²) >= 11 is 8.26. The number of aliphatic carboxylic acids is 1.